The van der Waals surface area contributed by atoms with Crippen LogP contribution in [0.2, 0.25) is 0 Å². The molecule has 3 aromatic rings. The molecule has 0 bridgehead atoms. The highest BCUT2D eigenvalue weighted by Gasteiger charge is 2.25. The van der Waals surface area contributed by atoms with E-state index in [1.165, 1.54) is 12.8 Å². The molecule has 1 saturated carbocycles. The SMILES string of the molecule is O=C1CCCN1CCn1cnc2c(NC3CC3)nc(-c3ccccc3)nc21. The number of nitrogens with zero attached hydrogens (tertiary/aromatic N) is 5. The van der Waals surface area contributed by atoms with E-state index in [4.69, 9.17) is 9.97 Å². The molecule has 0 atom stereocenters. The molecule has 7 heteroatoms. The fourth-order valence-corrected chi connectivity index (χ4v) is 3.51. The number of aromatic nitrogens is 4. The van der Waals surface area contributed by atoms with E-state index in [2.05, 4.69) is 10.3 Å². The molecule has 0 unspecified atom stereocenters. The molecule has 1 aliphatic carbocycles. The van der Waals surface area contributed by atoms with Crippen molar-refractivity contribution in [2.75, 3.05) is 18.4 Å². The summed E-state index contributed by atoms with van der Waals surface area (Å²) in [7, 11) is 0. The molecule has 138 valence electrons. The predicted octanol–water partition coefficient (Wildman–Crippen LogP) is 2.69. The van der Waals surface area contributed by atoms with E-state index >= 15 is 0 Å². The van der Waals surface area contributed by atoms with E-state index in [0.717, 1.165) is 35.5 Å². The Balaban J connectivity index is 1.51. The van der Waals surface area contributed by atoms with Crippen LogP contribution in [-0.4, -0.2) is 49.5 Å². The molecule has 1 aliphatic heterocycles. The summed E-state index contributed by atoms with van der Waals surface area (Å²) in [5.41, 5.74) is 2.61. The van der Waals surface area contributed by atoms with Gasteiger partial charge in [-0.25, -0.2) is 15.0 Å². The molecule has 0 spiro atoms. The van der Waals surface area contributed by atoms with Gasteiger partial charge in [0.15, 0.2) is 17.3 Å². The molecule has 0 radical (unpaired) electrons. The van der Waals surface area contributed by atoms with Crippen molar-refractivity contribution < 1.29 is 4.79 Å². The smallest absolute Gasteiger partial charge is 0.222 e. The maximum Gasteiger partial charge on any atom is 0.222 e. The highest BCUT2D eigenvalue weighted by atomic mass is 16.2. The molecule has 2 fully saturated rings. The van der Waals surface area contributed by atoms with Gasteiger partial charge in [-0.05, 0) is 19.3 Å². The number of imidazole rings is 1. The second kappa shape index (κ2) is 6.64. The molecule has 1 aromatic carbocycles. The average Bonchev–Trinajstić information content (AvgIpc) is 3.27. The molecule has 2 aliphatic rings. The number of fused-ring (bicyclic) bond motifs is 1. The van der Waals surface area contributed by atoms with Crippen molar-refractivity contribution in [3.63, 3.8) is 0 Å². The standard InChI is InChI=1S/C20H22N6O/c27-16-7-4-10-25(16)11-12-26-13-21-17-19(22-15-8-9-15)23-18(24-20(17)26)14-5-2-1-3-6-14/h1-3,5-6,13,15H,4,7-12H2,(H,22,23,24). The molecule has 3 heterocycles. The summed E-state index contributed by atoms with van der Waals surface area (Å²) >= 11 is 0. The van der Waals surface area contributed by atoms with Gasteiger partial charge >= 0.3 is 0 Å². The third-order valence-electron chi connectivity index (χ3n) is 5.20. The van der Waals surface area contributed by atoms with Gasteiger partial charge in [0, 0.05) is 37.7 Å². The normalized spacial score (nSPS) is 17.0. The van der Waals surface area contributed by atoms with Gasteiger partial charge in [0.2, 0.25) is 5.91 Å². The van der Waals surface area contributed by atoms with E-state index in [-0.39, 0.29) is 5.91 Å². The lowest BCUT2D eigenvalue weighted by Gasteiger charge is -2.16. The Bertz CT molecular complexity index is 979. The van der Waals surface area contributed by atoms with E-state index in [0.29, 0.717) is 31.4 Å². The maximum absolute atomic E-state index is 11.9. The Hall–Kier alpha value is -2.96. The van der Waals surface area contributed by atoms with Gasteiger partial charge < -0.3 is 14.8 Å². The Morgan fingerprint density at radius 2 is 1.96 bits per heavy atom. The van der Waals surface area contributed by atoms with Crippen molar-refractivity contribution in [2.45, 2.75) is 38.3 Å². The zero-order chi connectivity index (χ0) is 18.2. The largest absolute Gasteiger partial charge is 0.365 e. The van der Waals surface area contributed by atoms with Crippen LogP contribution in [0.5, 0.6) is 0 Å². The summed E-state index contributed by atoms with van der Waals surface area (Å²) < 4.78 is 2.03. The van der Waals surface area contributed by atoms with Crippen molar-refractivity contribution in [1.29, 1.82) is 0 Å². The number of anilines is 1. The van der Waals surface area contributed by atoms with Crippen LogP contribution in [0.25, 0.3) is 22.6 Å². The fourth-order valence-electron chi connectivity index (χ4n) is 3.51. The van der Waals surface area contributed by atoms with Gasteiger partial charge in [-0.15, -0.1) is 0 Å². The monoisotopic (exact) mass is 362 g/mol. The van der Waals surface area contributed by atoms with Crippen LogP contribution in [0.4, 0.5) is 5.82 Å². The zero-order valence-corrected chi connectivity index (χ0v) is 15.1. The number of amides is 1. The van der Waals surface area contributed by atoms with Crippen molar-refractivity contribution >= 4 is 22.9 Å². The molecule has 27 heavy (non-hydrogen) atoms. The Morgan fingerprint density at radius 3 is 2.70 bits per heavy atom. The fraction of sp³-hybridized carbons (Fsp3) is 0.400. The number of benzene rings is 1. The van der Waals surface area contributed by atoms with Gasteiger partial charge in [-0.2, -0.15) is 0 Å². The minimum absolute atomic E-state index is 0.245. The summed E-state index contributed by atoms with van der Waals surface area (Å²) in [5, 5.41) is 3.50. The average molecular weight is 362 g/mol. The van der Waals surface area contributed by atoms with Gasteiger partial charge in [-0.3, -0.25) is 4.79 Å². The summed E-state index contributed by atoms with van der Waals surface area (Å²) in [6.07, 6.45) is 5.78. The van der Waals surface area contributed by atoms with Gasteiger partial charge in [0.05, 0.1) is 6.33 Å². The van der Waals surface area contributed by atoms with Crippen LogP contribution >= 0.6 is 0 Å². The van der Waals surface area contributed by atoms with Crippen LogP contribution < -0.4 is 5.32 Å². The summed E-state index contributed by atoms with van der Waals surface area (Å²) in [4.78, 5) is 27.9. The van der Waals surface area contributed by atoms with E-state index in [1.807, 2.05) is 46.1 Å². The second-order valence-corrected chi connectivity index (χ2v) is 7.27. The third kappa shape index (κ3) is 3.25. The van der Waals surface area contributed by atoms with Gasteiger partial charge in [-0.1, -0.05) is 30.3 Å². The van der Waals surface area contributed by atoms with Crippen molar-refractivity contribution in [3.8, 4) is 11.4 Å². The minimum Gasteiger partial charge on any atom is -0.365 e. The molecule has 1 amide bonds. The summed E-state index contributed by atoms with van der Waals surface area (Å²) in [5.74, 6) is 1.75. The van der Waals surface area contributed by atoms with Crippen LogP contribution in [0.3, 0.4) is 0 Å². The topological polar surface area (TPSA) is 75.9 Å². The number of rotatable bonds is 6. The molecular weight excluding hydrogens is 340 g/mol. The summed E-state index contributed by atoms with van der Waals surface area (Å²) in [6, 6.07) is 10.5. The van der Waals surface area contributed by atoms with Crippen molar-refractivity contribution in [3.05, 3.63) is 36.7 Å². The first-order chi connectivity index (χ1) is 13.3. The quantitative estimate of drug-likeness (QED) is 0.730. The number of carbonyl (C=O) groups is 1. The minimum atomic E-state index is 0.245. The van der Waals surface area contributed by atoms with Gasteiger partial charge in [0.1, 0.15) is 5.52 Å². The van der Waals surface area contributed by atoms with Crippen LogP contribution in [0.15, 0.2) is 36.7 Å². The lowest BCUT2D eigenvalue weighted by molar-refractivity contribution is -0.127. The van der Waals surface area contributed by atoms with Crippen LogP contribution in [0.1, 0.15) is 25.7 Å². The van der Waals surface area contributed by atoms with Crippen molar-refractivity contribution in [1.82, 2.24) is 24.4 Å². The van der Waals surface area contributed by atoms with Gasteiger partial charge in [0.25, 0.3) is 0 Å². The Kier molecular flexibility index (Phi) is 3.99. The Labute approximate surface area is 157 Å². The third-order valence-corrected chi connectivity index (χ3v) is 5.20. The first-order valence-corrected chi connectivity index (χ1v) is 9.60. The number of carbonyl (C=O) groups excluding carboxylic acids is 1. The highest BCUT2D eigenvalue weighted by Crippen LogP contribution is 2.29. The summed E-state index contributed by atoms with van der Waals surface area (Å²) in [6.45, 7) is 2.24. The zero-order valence-electron chi connectivity index (χ0n) is 15.1. The lowest BCUT2D eigenvalue weighted by atomic mass is 10.2. The first-order valence-electron chi connectivity index (χ1n) is 9.60. The second-order valence-electron chi connectivity index (χ2n) is 7.27. The molecule has 1 N–H and O–H groups in total. The van der Waals surface area contributed by atoms with Crippen LogP contribution in [0, 0.1) is 0 Å². The lowest BCUT2D eigenvalue weighted by Crippen LogP contribution is -2.28. The molecular formula is C20H22N6O. The predicted molar refractivity (Wildman–Crippen MR) is 103 cm³/mol. The molecule has 2 aromatic heterocycles. The van der Waals surface area contributed by atoms with Crippen molar-refractivity contribution in [2.24, 2.45) is 0 Å². The maximum atomic E-state index is 11.9. The van der Waals surface area contributed by atoms with E-state index in [9.17, 15) is 4.79 Å². The van der Waals surface area contributed by atoms with E-state index < -0.39 is 0 Å². The number of nitrogens with one attached hydrogen (secondary N) is 1. The van der Waals surface area contributed by atoms with E-state index in [1.54, 1.807) is 0 Å². The highest BCUT2D eigenvalue weighted by molar-refractivity contribution is 5.85. The number of hydrogen-bond donors (Lipinski definition) is 1. The molecule has 5 rings (SSSR count). The van der Waals surface area contributed by atoms with Crippen LogP contribution in [-0.2, 0) is 11.3 Å². The number of hydrogen-bond acceptors (Lipinski definition) is 5. The number of likely N-dealkylation sites (tertiary alicyclic amines) is 1. The first kappa shape index (κ1) is 16.2. The molecule has 7 nitrogen and oxygen atoms in total. The Morgan fingerprint density at radius 1 is 1.11 bits per heavy atom. The molecule has 1 saturated heterocycles.